The molecule has 2 aromatic carbocycles. The maximum atomic E-state index is 11.6. The van der Waals surface area contributed by atoms with E-state index in [1.54, 1.807) is 14.1 Å². The SMILES string of the molecule is CN=C(NCCCc1ccc(C(C)C)cc1)NCc1ccc(C(=O)NC)cc1.I. The number of carbonyl (C=O) groups is 1. The van der Waals surface area contributed by atoms with Crippen LogP contribution in [-0.2, 0) is 13.0 Å². The number of carbonyl (C=O) groups excluding carboxylic acids is 1. The second kappa shape index (κ2) is 13.2. The predicted molar refractivity (Wildman–Crippen MR) is 132 cm³/mol. The maximum Gasteiger partial charge on any atom is 0.251 e. The highest BCUT2D eigenvalue weighted by Crippen LogP contribution is 2.15. The van der Waals surface area contributed by atoms with Crippen molar-refractivity contribution in [3.63, 3.8) is 0 Å². The molecule has 0 saturated carbocycles. The number of benzene rings is 2. The summed E-state index contributed by atoms with van der Waals surface area (Å²) >= 11 is 0. The van der Waals surface area contributed by atoms with Gasteiger partial charge in [-0.15, -0.1) is 24.0 Å². The summed E-state index contributed by atoms with van der Waals surface area (Å²) in [6.07, 6.45) is 2.09. The molecule has 0 aliphatic heterocycles. The van der Waals surface area contributed by atoms with E-state index in [1.807, 2.05) is 24.3 Å². The lowest BCUT2D eigenvalue weighted by Gasteiger charge is -2.12. The molecule has 0 fully saturated rings. The average Bonchev–Trinajstić information content (AvgIpc) is 2.73. The van der Waals surface area contributed by atoms with Crippen LogP contribution in [0, 0.1) is 0 Å². The third-order valence-electron chi connectivity index (χ3n) is 4.71. The standard InChI is InChI=1S/C23H32N4O.HI/c1-17(2)20-11-7-18(8-12-20)6-5-15-26-23(25-4)27-16-19-9-13-21(14-10-19)22(28)24-3;/h7-14,17H,5-6,15-16H2,1-4H3,(H,24,28)(H2,25,26,27);1H. The number of guanidine groups is 1. The molecule has 0 unspecified atom stereocenters. The number of nitrogens with zero attached hydrogens (tertiary/aromatic N) is 1. The van der Waals surface area contributed by atoms with Crippen molar-refractivity contribution in [3.8, 4) is 0 Å². The van der Waals surface area contributed by atoms with Crippen LogP contribution in [0.3, 0.4) is 0 Å². The normalized spacial score (nSPS) is 11.0. The summed E-state index contributed by atoms with van der Waals surface area (Å²) in [5.74, 6) is 1.28. The molecule has 29 heavy (non-hydrogen) atoms. The molecule has 0 radical (unpaired) electrons. The molecular weight excluding hydrogens is 475 g/mol. The van der Waals surface area contributed by atoms with Gasteiger partial charge in [-0.3, -0.25) is 9.79 Å². The largest absolute Gasteiger partial charge is 0.356 e. The van der Waals surface area contributed by atoms with Gasteiger partial charge in [0.2, 0.25) is 0 Å². The van der Waals surface area contributed by atoms with Crippen molar-refractivity contribution in [3.05, 3.63) is 70.8 Å². The summed E-state index contributed by atoms with van der Waals surface area (Å²) in [6, 6.07) is 16.5. The highest BCUT2D eigenvalue weighted by Gasteiger charge is 2.03. The van der Waals surface area contributed by atoms with Gasteiger partial charge in [0.15, 0.2) is 5.96 Å². The zero-order valence-electron chi connectivity index (χ0n) is 17.8. The molecule has 0 aliphatic rings. The van der Waals surface area contributed by atoms with Gasteiger partial charge < -0.3 is 16.0 Å². The van der Waals surface area contributed by atoms with Crippen molar-refractivity contribution in [2.45, 2.75) is 39.2 Å². The molecule has 0 bridgehead atoms. The van der Waals surface area contributed by atoms with Crippen LogP contribution in [0.25, 0.3) is 0 Å². The van der Waals surface area contributed by atoms with Gasteiger partial charge in [-0.2, -0.15) is 0 Å². The lowest BCUT2D eigenvalue weighted by molar-refractivity contribution is 0.0963. The Kier molecular flexibility index (Phi) is 11.3. The summed E-state index contributed by atoms with van der Waals surface area (Å²) in [4.78, 5) is 15.8. The Hall–Kier alpha value is -2.09. The Morgan fingerprint density at radius 1 is 0.966 bits per heavy atom. The third-order valence-corrected chi connectivity index (χ3v) is 4.71. The quantitative estimate of drug-likeness (QED) is 0.218. The molecule has 3 N–H and O–H groups in total. The first-order chi connectivity index (χ1) is 13.5. The molecule has 0 aliphatic carbocycles. The highest BCUT2D eigenvalue weighted by molar-refractivity contribution is 14.0. The van der Waals surface area contributed by atoms with Gasteiger partial charge in [0.05, 0.1) is 0 Å². The zero-order valence-corrected chi connectivity index (χ0v) is 20.1. The molecule has 0 aromatic heterocycles. The van der Waals surface area contributed by atoms with E-state index >= 15 is 0 Å². The van der Waals surface area contributed by atoms with Gasteiger partial charge in [-0.25, -0.2) is 0 Å². The first-order valence-electron chi connectivity index (χ1n) is 9.88. The van der Waals surface area contributed by atoms with Crippen molar-refractivity contribution in [2.75, 3.05) is 20.6 Å². The van der Waals surface area contributed by atoms with Gasteiger partial charge in [-0.05, 0) is 47.6 Å². The minimum Gasteiger partial charge on any atom is -0.356 e. The first-order valence-corrected chi connectivity index (χ1v) is 9.88. The van der Waals surface area contributed by atoms with Crippen LogP contribution >= 0.6 is 24.0 Å². The van der Waals surface area contributed by atoms with E-state index in [-0.39, 0.29) is 29.9 Å². The second-order valence-electron chi connectivity index (χ2n) is 7.13. The van der Waals surface area contributed by atoms with E-state index in [9.17, 15) is 4.79 Å². The van der Waals surface area contributed by atoms with Crippen LogP contribution < -0.4 is 16.0 Å². The predicted octanol–water partition coefficient (Wildman–Crippen LogP) is 4.09. The van der Waals surface area contributed by atoms with E-state index in [0.29, 0.717) is 18.0 Å². The number of halogens is 1. The average molecular weight is 508 g/mol. The Bertz CT molecular complexity index is 770. The molecule has 158 valence electrons. The Labute approximate surface area is 191 Å². The second-order valence-corrected chi connectivity index (χ2v) is 7.13. The lowest BCUT2D eigenvalue weighted by atomic mass is 10.0. The van der Waals surface area contributed by atoms with Crippen molar-refractivity contribution in [2.24, 2.45) is 4.99 Å². The van der Waals surface area contributed by atoms with Gasteiger partial charge in [-0.1, -0.05) is 50.2 Å². The van der Waals surface area contributed by atoms with E-state index in [2.05, 4.69) is 59.1 Å². The summed E-state index contributed by atoms with van der Waals surface area (Å²) in [6.45, 7) is 5.95. The highest BCUT2D eigenvalue weighted by atomic mass is 127. The van der Waals surface area contributed by atoms with E-state index in [1.165, 1.54) is 11.1 Å². The molecule has 2 rings (SSSR count). The van der Waals surface area contributed by atoms with Crippen LogP contribution in [0.15, 0.2) is 53.5 Å². The fourth-order valence-corrected chi connectivity index (χ4v) is 2.89. The molecule has 5 nitrogen and oxygen atoms in total. The molecule has 1 amide bonds. The van der Waals surface area contributed by atoms with Gasteiger partial charge in [0.25, 0.3) is 5.91 Å². The smallest absolute Gasteiger partial charge is 0.251 e. The molecule has 2 aromatic rings. The van der Waals surface area contributed by atoms with Crippen LogP contribution in [0.5, 0.6) is 0 Å². The first kappa shape index (κ1) is 24.9. The molecular formula is C23H33IN4O. The van der Waals surface area contributed by atoms with E-state index < -0.39 is 0 Å². The summed E-state index contributed by atoms with van der Waals surface area (Å²) in [5, 5.41) is 9.28. The van der Waals surface area contributed by atoms with Crippen molar-refractivity contribution >= 4 is 35.8 Å². The molecule has 6 heteroatoms. The number of aliphatic imine (C=N–C) groups is 1. The maximum absolute atomic E-state index is 11.6. The van der Waals surface area contributed by atoms with E-state index in [4.69, 9.17) is 0 Å². The van der Waals surface area contributed by atoms with Crippen LogP contribution in [0.1, 0.15) is 53.2 Å². The van der Waals surface area contributed by atoms with Crippen molar-refractivity contribution in [1.29, 1.82) is 0 Å². The van der Waals surface area contributed by atoms with E-state index in [0.717, 1.165) is 30.9 Å². The van der Waals surface area contributed by atoms with Crippen molar-refractivity contribution < 1.29 is 4.79 Å². The molecule has 0 spiro atoms. The Morgan fingerprint density at radius 2 is 1.59 bits per heavy atom. The lowest BCUT2D eigenvalue weighted by Crippen LogP contribution is -2.37. The number of nitrogens with one attached hydrogen (secondary N) is 3. The van der Waals surface area contributed by atoms with Crippen molar-refractivity contribution in [1.82, 2.24) is 16.0 Å². The van der Waals surface area contributed by atoms with Gasteiger partial charge in [0, 0.05) is 32.7 Å². The number of amides is 1. The summed E-state index contributed by atoms with van der Waals surface area (Å²) in [7, 11) is 3.41. The monoisotopic (exact) mass is 508 g/mol. The molecule has 0 saturated heterocycles. The topological polar surface area (TPSA) is 65.5 Å². The molecule has 0 heterocycles. The fourth-order valence-electron chi connectivity index (χ4n) is 2.89. The number of rotatable bonds is 8. The number of hydrogen-bond donors (Lipinski definition) is 3. The minimum atomic E-state index is -0.0733. The summed E-state index contributed by atoms with van der Waals surface area (Å²) in [5.41, 5.74) is 4.51. The summed E-state index contributed by atoms with van der Waals surface area (Å²) < 4.78 is 0. The number of hydrogen-bond acceptors (Lipinski definition) is 2. The minimum absolute atomic E-state index is 0. The van der Waals surface area contributed by atoms with Crippen LogP contribution in [0.2, 0.25) is 0 Å². The Balaban J connectivity index is 0.00000420. The molecule has 0 atom stereocenters. The third kappa shape index (κ3) is 8.43. The Morgan fingerprint density at radius 3 is 2.14 bits per heavy atom. The van der Waals surface area contributed by atoms with Crippen LogP contribution in [-0.4, -0.2) is 32.5 Å². The van der Waals surface area contributed by atoms with Gasteiger partial charge >= 0.3 is 0 Å². The van der Waals surface area contributed by atoms with Crippen LogP contribution in [0.4, 0.5) is 0 Å². The fraction of sp³-hybridized carbons (Fsp3) is 0.391. The zero-order chi connectivity index (χ0) is 20.4. The van der Waals surface area contributed by atoms with Gasteiger partial charge in [0.1, 0.15) is 0 Å². The number of aryl methyl sites for hydroxylation is 1.